The van der Waals surface area contributed by atoms with Gasteiger partial charge in [-0.3, -0.25) is 10.1 Å². The van der Waals surface area contributed by atoms with Gasteiger partial charge in [0.2, 0.25) is 5.91 Å². The van der Waals surface area contributed by atoms with Crippen LogP contribution in [0.1, 0.15) is 5.56 Å². The van der Waals surface area contributed by atoms with Gasteiger partial charge in [-0.05, 0) is 24.6 Å². The quantitative estimate of drug-likeness (QED) is 0.830. The molecule has 6 heteroatoms. The van der Waals surface area contributed by atoms with E-state index in [1.54, 1.807) is 0 Å². The molecule has 0 unspecified atom stereocenters. The Balaban J connectivity index is 2.20. The summed E-state index contributed by atoms with van der Waals surface area (Å²) in [5.41, 5.74) is 1.86. The van der Waals surface area contributed by atoms with E-state index in [1.165, 1.54) is 11.3 Å². The molecule has 1 heterocycles. The molecule has 0 radical (unpaired) electrons. The standard InChI is InChI=1S/C12H10N2O3S/c1-7-3-2-4-8-11(7)14-12(18-8)13-9(15)5-6-10(16)17/h2-6H,1H3,(H,16,17)(H,13,14,15)/p-1. The van der Waals surface area contributed by atoms with Crippen LogP contribution in [0.15, 0.2) is 30.4 Å². The van der Waals surface area contributed by atoms with Crippen molar-refractivity contribution in [3.63, 3.8) is 0 Å². The number of carbonyl (C=O) groups is 2. The zero-order valence-electron chi connectivity index (χ0n) is 9.47. The molecule has 0 aliphatic carbocycles. The van der Waals surface area contributed by atoms with Gasteiger partial charge in [-0.15, -0.1) is 0 Å². The van der Waals surface area contributed by atoms with Crippen molar-refractivity contribution >= 4 is 38.6 Å². The minimum absolute atomic E-state index is 0.437. The van der Waals surface area contributed by atoms with E-state index in [0.717, 1.165) is 21.9 Å². The first-order valence-electron chi connectivity index (χ1n) is 5.12. The number of aryl methyl sites for hydroxylation is 1. The molecule has 0 bridgehead atoms. The number of carbonyl (C=O) groups excluding carboxylic acids is 2. The lowest BCUT2D eigenvalue weighted by atomic mass is 10.2. The summed E-state index contributed by atoms with van der Waals surface area (Å²) in [6, 6.07) is 5.76. The number of aromatic nitrogens is 1. The third-order valence-corrected chi connectivity index (χ3v) is 3.16. The number of carboxylic acids is 1. The summed E-state index contributed by atoms with van der Waals surface area (Å²) >= 11 is 1.33. The summed E-state index contributed by atoms with van der Waals surface area (Å²) in [6.45, 7) is 1.93. The van der Waals surface area contributed by atoms with E-state index in [2.05, 4.69) is 10.3 Å². The number of rotatable bonds is 3. The number of benzene rings is 1. The largest absolute Gasteiger partial charge is 0.545 e. The van der Waals surface area contributed by atoms with Gasteiger partial charge >= 0.3 is 0 Å². The Hall–Kier alpha value is -2.21. The highest BCUT2D eigenvalue weighted by atomic mass is 32.1. The van der Waals surface area contributed by atoms with Crippen molar-refractivity contribution < 1.29 is 14.7 Å². The fourth-order valence-corrected chi connectivity index (χ4v) is 2.38. The monoisotopic (exact) mass is 261 g/mol. The zero-order valence-corrected chi connectivity index (χ0v) is 10.3. The third kappa shape index (κ3) is 2.72. The molecule has 0 saturated heterocycles. The third-order valence-electron chi connectivity index (χ3n) is 2.22. The highest BCUT2D eigenvalue weighted by molar-refractivity contribution is 7.22. The van der Waals surface area contributed by atoms with Gasteiger partial charge in [0.25, 0.3) is 0 Å². The molecular formula is C12H9N2O3S-. The molecule has 92 valence electrons. The van der Waals surface area contributed by atoms with Gasteiger partial charge in [0.15, 0.2) is 5.13 Å². The second-order valence-electron chi connectivity index (χ2n) is 3.58. The van der Waals surface area contributed by atoms with Crippen LogP contribution in [0.3, 0.4) is 0 Å². The summed E-state index contributed by atoms with van der Waals surface area (Å²) in [4.78, 5) is 25.8. The number of hydrogen-bond donors (Lipinski definition) is 1. The number of nitrogens with zero attached hydrogens (tertiary/aromatic N) is 1. The van der Waals surface area contributed by atoms with Crippen LogP contribution in [0.5, 0.6) is 0 Å². The lowest BCUT2D eigenvalue weighted by Gasteiger charge is -1.95. The fourth-order valence-electron chi connectivity index (χ4n) is 1.43. The molecule has 0 saturated carbocycles. The Kier molecular flexibility index (Phi) is 3.38. The second-order valence-corrected chi connectivity index (χ2v) is 4.61. The van der Waals surface area contributed by atoms with E-state index < -0.39 is 11.9 Å². The molecule has 0 spiro atoms. The van der Waals surface area contributed by atoms with E-state index in [1.807, 2.05) is 25.1 Å². The summed E-state index contributed by atoms with van der Waals surface area (Å²) < 4.78 is 0.967. The number of anilines is 1. The first kappa shape index (κ1) is 12.3. The molecule has 18 heavy (non-hydrogen) atoms. The van der Waals surface area contributed by atoms with Crippen LogP contribution in [0, 0.1) is 6.92 Å². The van der Waals surface area contributed by atoms with Gasteiger partial charge < -0.3 is 9.90 Å². The van der Waals surface area contributed by atoms with Crippen LogP contribution >= 0.6 is 11.3 Å². The maximum atomic E-state index is 11.4. The minimum atomic E-state index is -1.41. The Labute approximate surface area is 107 Å². The zero-order chi connectivity index (χ0) is 13.1. The SMILES string of the molecule is Cc1cccc2sc(NC(=O)C=CC(=O)[O-])nc12. The van der Waals surface area contributed by atoms with E-state index >= 15 is 0 Å². The summed E-state index contributed by atoms with van der Waals surface area (Å²) in [5.74, 6) is -1.96. The maximum absolute atomic E-state index is 11.4. The van der Waals surface area contributed by atoms with Crippen LogP contribution in [-0.4, -0.2) is 16.9 Å². The summed E-state index contributed by atoms with van der Waals surface area (Å²) in [5, 5.41) is 13.1. The van der Waals surface area contributed by atoms with Crippen LogP contribution < -0.4 is 10.4 Å². The summed E-state index contributed by atoms with van der Waals surface area (Å²) in [7, 11) is 0. The Bertz CT molecular complexity index is 646. The van der Waals surface area contributed by atoms with E-state index in [0.29, 0.717) is 11.2 Å². The number of hydrogen-bond acceptors (Lipinski definition) is 5. The molecule has 2 rings (SSSR count). The number of aliphatic carboxylic acids is 1. The van der Waals surface area contributed by atoms with Crippen molar-refractivity contribution in [2.45, 2.75) is 6.92 Å². The molecule has 2 aromatic rings. The van der Waals surface area contributed by atoms with Crippen LogP contribution in [0.4, 0.5) is 5.13 Å². The van der Waals surface area contributed by atoms with Crippen LogP contribution in [0.2, 0.25) is 0 Å². The van der Waals surface area contributed by atoms with Gasteiger partial charge in [-0.25, -0.2) is 4.98 Å². The predicted molar refractivity (Wildman–Crippen MR) is 67.1 cm³/mol. The van der Waals surface area contributed by atoms with Crippen LogP contribution in [0.25, 0.3) is 10.2 Å². The highest BCUT2D eigenvalue weighted by Crippen LogP contribution is 2.27. The lowest BCUT2D eigenvalue weighted by Crippen LogP contribution is -2.20. The van der Waals surface area contributed by atoms with Gasteiger partial charge in [0.05, 0.1) is 16.2 Å². The van der Waals surface area contributed by atoms with Crippen molar-refractivity contribution in [1.82, 2.24) is 4.98 Å². The number of nitrogens with one attached hydrogen (secondary N) is 1. The van der Waals surface area contributed by atoms with Crippen molar-refractivity contribution in [2.24, 2.45) is 0 Å². The van der Waals surface area contributed by atoms with Gasteiger partial charge in [0.1, 0.15) is 0 Å². The average Bonchev–Trinajstić information content (AvgIpc) is 2.70. The predicted octanol–water partition coefficient (Wildman–Crippen LogP) is 0.849. The maximum Gasteiger partial charge on any atom is 0.250 e. The summed E-state index contributed by atoms with van der Waals surface area (Å²) in [6.07, 6.45) is 1.57. The average molecular weight is 261 g/mol. The molecule has 1 aromatic heterocycles. The number of amides is 1. The molecule has 0 aliphatic rings. The first-order chi connectivity index (χ1) is 8.56. The molecule has 0 fully saturated rings. The van der Waals surface area contributed by atoms with Gasteiger partial charge in [-0.1, -0.05) is 23.5 Å². The van der Waals surface area contributed by atoms with Crippen molar-refractivity contribution in [2.75, 3.05) is 5.32 Å². The molecule has 5 nitrogen and oxygen atoms in total. The first-order valence-corrected chi connectivity index (χ1v) is 5.94. The molecule has 1 amide bonds. The lowest BCUT2D eigenvalue weighted by molar-refractivity contribution is -0.297. The molecule has 1 aromatic carbocycles. The topological polar surface area (TPSA) is 82.1 Å². The number of carboxylic acid groups (broad SMARTS) is 1. The highest BCUT2D eigenvalue weighted by Gasteiger charge is 2.07. The van der Waals surface area contributed by atoms with E-state index in [-0.39, 0.29) is 0 Å². The van der Waals surface area contributed by atoms with E-state index in [4.69, 9.17) is 0 Å². The van der Waals surface area contributed by atoms with Gasteiger partial charge in [0, 0.05) is 6.08 Å². The molecular weight excluding hydrogens is 252 g/mol. The van der Waals surface area contributed by atoms with Crippen molar-refractivity contribution in [3.05, 3.63) is 35.9 Å². The van der Waals surface area contributed by atoms with Crippen molar-refractivity contribution in [1.29, 1.82) is 0 Å². The molecule has 0 atom stereocenters. The number of thiazole rings is 1. The number of para-hydroxylation sites is 1. The Morgan fingerprint density at radius 2 is 2.17 bits per heavy atom. The fraction of sp³-hybridized carbons (Fsp3) is 0.0833. The Morgan fingerprint density at radius 1 is 1.39 bits per heavy atom. The van der Waals surface area contributed by atoms with E-state index in [9.17, 15) is 14.7 Å². The normalized spacial score (nSPS) is 10.9. The van der Waals surface area contributed by atoms with Gasteiger partial charge in [-0.2, -0.15) is 0 Å². The van der Waals surface area contributed by atoms with Crippen molar-refractivity contribution in [3.8, 4) is 0 Å². The second kappa shape index (κ2) is 4.97. The number of fused-ring (bicyclic) bond motifs is 1. The minimum Gasteiger partial charge on any atom is -0.545 e. The molecule has 1 N–H and O–H groups in total. The smallest absolute Gasteiger partial charge is 0.250 e. The molecule has 0 aliphatic heterocycles. The van der Waals surface area contributed by atoms with Crippen LogP contribution in [-0.2, 0) is 9.59 Å². The Morgan fingerprint density at radius 3 is 2.83 bits per heavy atom.